The Morgan fingerprint density at radius 2 is 1.54 bits per heavy atom. The molecule has 3 heterocycles. The topological polar surface area (TPSA) is 73.3 Å². The third kappa shape index (κ3) is 6.02. The van der Waals surface area contributed by atoms with Crippen molar-refractivity contribution in [2.75, 3.05) is 31.1 Å². The van der Waals surface area contributed by atoms with E-state index in [2.05, 4.69) is 4.74 Å². The van der Waals surface area contributed by atoms with Crippen molar-refractivity contribution in [1.82, 2.24) is 9.80 Å². The molecule has 0 aliphatic carbocycles. The number of carbonyl (C=O) groups is 2. The number of hydrogen-bond acceptors (Lipinski definition) is 5. The van der Waals surface area contributed by atoms with Gasteiger partial charge in [0, 0.05) is 37.4 Å². The minimum atomic E-state index is -5.83. The van der Waals surface area contributed by atoms with E-state index in [4.69, 9.17) is 0 Å². The molecule has 1 N–H and O–H groups in total. The van der Waals surface area contributed by atoms with Crippen molar-refractivity contribution in [3.8, 4) is 0 Å². The van der Waals surface area contributed by atoms with E-state index in [1.807, 2.05) is 4.90 Å². The van der Waals surface area contributed by atoms with Gasteiger partial charge in [0.1, 0.15) is 5.54 Å². The van der Waals surface area contributed by atoms with Gasteiger partial charge in [-0.15, -0.1) is 0 Å². The lowest BCUT2D eigenvalue weighted by molar-refractivity contribution is -0.308. The highest BCUT2D eigenvalue weighted by molar-refractivity contribution is 5.86. The van der Waals surface area contributed by atoms with Crippen LogP contribution in [0.4, 0.5) is 50.0 Å². The Morgan fingerprint density at radius 3 is 2.02 bits per heavy atom. The van der Waals surface area contributed by atoms with E-state index in [1.165, 1.54) is 17.9 Å². The molecule has 1 aromatic rings. The Kier molecular flexibility index (Phi) is 7.89. The quantitative estimate of drug-likeness (QED) is 0.427. The van der Waals surface area contributed by atoms with Gasteiger partial charge in [0.25, 0.3) is 6.10 Å². The molecule has 4 rings (SSSR count). The number of likely N-dealkylation sites (tertiary alicyclic amines) is 2. The van der Waals surface area contributed by atoms with Crippen LogP contribution in [0, 0.1) is 0 Å². The van der Waals surface area contributed by atoms with Crippen LogP contribution in [0.25, 0.3) is 0 Å². The van der Waals surface area contributed by atoms with Crippen LogP contribution in [-0.4, -0.2) is 82.7 Å². The van der Waals surface area contributed by atoms with Crippen molar-refractivity contribution in [2.45, 2.75) is 81.3 Å². The van der Waals surface area contributed by atoms with Crippen molar-refractivity contribution < 1.29 is 58.9 Å². The lowest BCUT2D eigenvalue weighted by Crippen LogP contribution is -2.63. The number of benzene rings is 1. The SMILES string of the molecule is CC1(C(=O)O)CCN1c1cc(C(F)(F)F)ccc1CN1CCCC12CCN(C(=O)OC(C(F)(F)F)C(F)(F)F)CC2. The van der Waals surface area contributed by atoms with E-state index in [9.17, 15) is 54.2 Å². The summed E-state index contributed by atoms with van der Waals surface area (Å²) >= 11 is 0. The minimum absolute atomic E-state index is 0.129. The second kappa shape index (κ2) is 10.4. The number of carboxylic acid groups (broad SMARTS) is 1. The van der Waals surface area contributed by atoms with E-state index in [1.54, 1.807) is 0 Å². The molecule has 0 saturated carbocycles. The predicted octanol–water partition coefficient (Wildman–Crippen LogP) is 5.82. The fourth-order valence-electron chi connectivity index (χ4n) is 5.91. The number of carboxylic acids is 1. The van der Waals surface area contributed by atoms with Crippen molar-refractivity contribution >= 4 is 17.7 Å². The smallest absolute Gasteiger partial charge is 0.434 e. The van der Waals surface area contributed by atoms with E-state index >= 15 is 0 Å². The summed E-state index contributed by atoms with van der Waals surface area (Å²) in [7, 11) is 0. The maximum atomic E-state index is 13.5. The van der Waals surface area contributed by atoms with E-state index in [-0.39, 0.29) is 51.1 Å². The fourth-order valence-corrected chi connectivity index (χ4v) is 5.91. The average Bonchev–Trinajstić information content (AvgIpc) is 3.21. The number of anilines is 1. The molecule has 1 amide bonds. The molecule has 0 radical (unpaired) electrons. The summed E-state index contributed by atoms with van der Waals surface area (Å²) in [5.41, 5.74) is -2.35. The van der Waals surface area contributed by atoms with Gasteiger partial charge in [-0.1, -0.05) is 6.07 Å². The molecule has 41 heavy (non-hydrogen) atoms. The van der Waals surface area contributed by atoms with Gasteiger partial charge in [0.05, 0.1) is 5.56 Å². The van der Waals surface area contributed by atoms with Gasteiger partial charge in [0.15, 0.2) is 0 Å². The Balaban J connectivity index is 1.51. The summed E-state index contributed by atoms with van der Waals surface area (Å²) in [4.78, 5) is 28.3. The van der Waals surface area contributed by atoms with Gasteiger partial charge in [-0.25, -0.2) is 9.59 Å². The number of hydrogen-bond donors (Lipinski definition) is 1. The Labute approximate surface area is 228 Å². The molecule has 230 valence electrons. The van der Waals surface area contributed by atoms with Crippen LogP contribution in [0.5, 0.6) is 0 Å². The van der Waals surface area contributed by atoms with Gasteiger partial charge < -0.3 is 19.6 Å². The first-order chi connectivity index (χ1) is 18.8. The molecule has 0 bridgehead atoms. The van der Waals surface area contributed by atoms with E-state index in [0.29, 0.717) is 24.9 Å². The second-order valence-electron chi connectivity index (χ2n) is 10.9. The first-order valence-electron chi connectivity index (χ1n) is 12.8. The summed E-state index contributed by atoms with van der Waals surface area (Å²) < 4.78 is 121. The summed E-state index contributed by atoms with van der Waals surface area (Å²) in [5, 5.41) is 9.70. The van der Waals surface area contributed by atoms with Crippen LogP contribution in [0.2, 0.25) is 0 Å². The maximum Gasteiger partial charge on any atom is 0.434 e. The number of ether oxygens (including phenoxy) is 1. The number of carbonyl (C=O) groups excluding carboxylic acids is 1. The molecule has 3 aliphatic rings. The van der Waals surface area contributed by atoms with Crippen molar-refractivity contribution in [3.05, 3.63) is 29.3 Å². The third-order valence-corrected chi connectivity index (χ3v) is 8.45. The Bertz CT molecular complexity index is 1150. The monoisotopic (exact) mass is 605 g/mol. The summed E-state index contributed by atoms with van der Waals surface area (Å²) in [6, 6.07) is 3.14. The zero-order valence-corrected chi connectivity index (χ0v) is 21.8. The molecule has 3 saturated heterocycles. The largest absolute Gasteiger partial charge is 0.480 e. The Hall–Kier alpha value is -2.91. The number of aliphatic carboxylic acids is 1. The summed E-state index contributed by atoms with van der Waals surface area (Å²) in [5.74, 6) is -1.18. The van der Waals surface area contributed by atoms with Crippen LogP contribution in [0.3, 0.4) is 0 Å². The van der Waals surface area contributed by atoms with Gasteiger partial charge in [-0.2, -0.15) is 39.5 Å². The highest BCUT2D eigenvalue weighted by Crippen LogP contribution is 2.44. The number of halogens is 9. The van der Waals surface area contributed by atoms with Crippen molar-refractivity contribution in [1.29, 1.82) is 0 Å². The number of amides is 1. The van der Waals surface area contributed by atoms with Crippen LogP contribution >= 0.6 is 0 Å². The Morgan fingerprint density at radius 1 is 0.927 bits per heavy atom. The first-order valence-corrected chi connectivity index (χ1v) is 12.8. The molecular weight excluding hydrogens is 577 g/mol. The van der Waals surface area contributed by atoms with Gasteiger partial charge in [0.2, 0.25) is 0 Å². The summed E-state index contributed by atoms with van der Waals surface area (Å²) in [6.07, 6.45) is -20.4. The second-order valence-corrected chi connectivity index (χ2v) is 10.9. The van der Waals surface area contributed by atoms with E-state index < -0.39 is 53.3 Å². The highest BCUT2D eigenvalue weighted by atomic mass is 19.4. The summed E-state index contributed by atoms with van der Waals surface area (Å²) in [6.45, 7) is 1.94. The van der Waals surface area contributed by atoms with Crippen molar-refractivity contribution in [3.63, 3.8) is 0 Å². The van der Waals surface area contributed by atoms with Crippen molar-refractivity contribution in [2.24, 2.45) is 0 Å². The first kappa shape index (κ1) is 31.0. The van der Waals surface area contributed by atoms with Gasteiger partial charge in [-0.3, -0.25) is 4.90 Å². The van der Waals surface area contributed by atoms with E-state index in [0.717, 1.165) is 17.0 Å². The van der Waals surface area contributed by atoms with Gasteiger partial charge >= 0.3 is 30.6 Å². The maximum absolute atomic E-state index is 13.5. The fraction of sp³-hybridized carbons (Fsp3) is 0.680. The molecule has 0 aromatic heterocycles. The molecule has 1 unspecified atom stereocenters. The molecule has 16 heteroatoms. The molecule has 1 atom stereocenters. The van der Waals surface area contributed by atoms with Crippen LogP contribution < -0.4 is 4.90 Å². The van der Waals surface area contributed by atoms with Crippen LogP contribution in [-0.2, 0) is 22.3 Å². The average molecular weight is 605 g/mol. The number of piperidine rings is 1. The zero-order chi connectivity index (χ0) is 30.6. The normalized spacial score (nSPS) is 23.7. The van der Waals surface area contributed by atoms with Gasteiger partial charge in [-0.05, 0) is 63.3 Å². The van der Waals surface area contributed by atoms with Crippen LogP contribution in [0.1, 0.15) is 50.2 Å². The number of alkyl halides is 9. The molecule has 1 spiro atoms. The molecule has 1 aromatic carbocycles. The molecular formula is C25H28F9N3O4. The highest BCUT2D eigenvalue weighted by Gasteiger charge is 2.60. The predicted molar refractivity (Wildman–Crippen MR) is 125 cm³/mol. The van der Waals surface area contributed by atoms with Crippen LogP contribution in [0.15, 0.2) is 18.2 Å². The zero-order valence-electron chi connectivity index (χ0n) is 21.8. The minimum Gasteiger partial charge on any atom is -0.480 e. The number of nitrogens with zero attached hydrogens (tertiary/aromatic N) is 3. The third-order valence-electron chi connectivity index (χ3n) is 8.45. The lowest BCUT2D eigenvalue weighted by Gasteiger charge is -2.50. The molecule has 3 aliphatic heterocycles. The molecule has 3 fully saturated rings. The molecule has 7 nitrogen and oxygen atoms in total. The lowest BCUT2D eigenvalue weighted by atomic mass is 9.83. The standard InChI is InChI=1S/C25H28F9N3O4/c1-21(19(38)39)6-12-37(21)17-13-16(23(26,27)28)4-3-15(17)14-36-9-2-5-22(36)7-10-35(11-8-22)20(40)41-18(24(29,30)31)25(32,33)34/h3-4,13,18H,2,5-12,14H2,1H3,(H,38,39). The number of rotatable bonds is 5.